The standard InChI is InChI=1S/C30H43NO3/c1-25(2)12-14-30(24(31)34)15-13-29(7)23(18(30)17-25)19(32)16-21-27(5)10-9-22(33)26(3,4)20(27)8-11-28(21,29)6/h9-10,16,18,20,23H,8,11-15,17H2,1-7H3,(H2,31,34). The Kier molecular flexibility index (Phi) is 4.75. The molecule has 186 valence electrons. The molecule has 0 bridgehead atoms. The number of allylic oxidation sites excluding steroid dienone is 4. The van der Waals surface area contributed by atoms with Crippen molar-refractivity contribution in [1.82, 2.24) is 0 Å². The van der Waals surface area contributed by atoms with Crippen LogP contribution < -0.4 is 5.73 Å². The first-order valence-corrected chi connectivity index (χ1v) is 13.4. The maximum atomic E-state index is 14.2. The van der Waals surface area contributed by atoms with Crippen LogP contribution in [0.3, 0.4) is 0 Å². The van der Waals surface area contributed by atoms with Gasteiger partial charge in [-0.2, -0.15) is 0 Å². The summed E-state index contributed by atoms with van der Waals surface area (Å²) in [7, 11) is 0. The largest absolute Gasteiger partial charge is 0.369 e. The second-order valence-electron chi connectivity index (χ2n) is 14.5. The number of primary amides is 1. The minimum absolute atomic E-state index is 0.0000660. The van der Waals surface area contributed by atoms with E-state index in [0.717, 1.165) is 44.9 Å². The zero-order valence-corrected chi connectivity index (χ0v) is 22.2. The van der Waals surface area contributed by atoms with Crippen LogP contribution in [0.25, 0.3) is 0 Å². The van der Waals surface area contributed by atoms with E-state index in [0.29, 0.717) is 0 Å². The Morgan fingerprint density at radius 3 is 2.24 bits per heavy atom. The molecular weight excluding hydrogens is 422 g/mol. The quantitative estimate of drug-likeness (QED) is 0.532. The van der Waals surface area contributed by atoms with Crippen molar-refractivity contribution in [2.45, 2.75) is 93.4 Å². The van der Waals surface area contributed by atoms with E-state index in [4.69, 9.17) is 5.73 Å². The minimum Gasteiger partial charge on any atom is -0.369 e. The van der Waals surface area contributed by atoms with Crippen LogP contribution in [0.5, 0.6) is 0 Å². The fourth-order valence-electron chi connectivity index (χ4n) is 9.77. The monoisotopic (exact) mass is 465 g/mol. The molecule has 5 aliphatic carbocycles. The molecule has 0 aromatic rings. The number of nitrogens with two attached hydrogens (primary N) is 1. The van der Waals surface area contributed by atoms with Crippen LogP contribution in [-0.2, 0) is 14.4 Å². The van der Waals surface area contributed by atoms with E-state index in [1.54, 1.807) is 6.08 Å². The zero-order chi connectivity index (χ0) is 25.1. The highest BCUT2D eigenvalue weighted by atomic mass is 16.1. The van der Waals surface area contributed by atoms with Gasteiger partial charge in [0.05, 0.1) is 5.41 Å². The van der Waals surface area contributed by atoms with Gasteiger partial charge in [-0.15, -0.1) is 0 Å². The first-order valence-electron chi connectivity index (χ1n) is 13.4. The van der Waals surface area contributed by atoms with Gasteiger partial charge in [-0.25, -0.2) is 0 Å². The van der Waals surface area contributed by atoms with E-state index in [1.165, 1.54) is 5.57 Å². The summed E-state index contributed by atoms with van der Waals surface area (Å²) in [4.78, 5) is 40.0. The third-order valence-electron chi connectivity index (χ3n) is 12.2. The molecule has 0 spiro atoms. The van der Waals surface area contributed by atoms with Crippen molar-refractivity contribution in [3.8, 4) is 0 Å². The molecule has 2 N–H and O–H groups in total. The van der Waals surface area contributed by atoms with Gasteiger partial charge in [0.15, 0.2) is 11.6 Å². The van der Waals surface area contributed by atoms with Gasteiger partial charge >= 0.3 is 0 Å². The Morgan fingerprint density at radius 1 is 0.941 bits per heavy atom. The number of amides is 1. The topological polar surface area (TPSA) is 77.2 Å². The van der Waals surface area contributed by atoms with Crippen LogP contribution in [0.2, 0.25) is 0 Å². The first kappa shape index (κ1) is 24.0. The fraction of sp³-hybridized carbons (Fsp3) is 0.767. The lowest BCUT2D eigenvalue weighted by atomic mass is 9.34. The maximum Gasteiger partial charge on any atom is 0.223 e. The molecule has 0 radical (unpaired) electrons. The summed E-state index contributed by atoms with van der Waals surface area (Å²) in [6.45, 7) is 15.7. The van der Waals surface area contributed by atoms with Gasteiger partial charge < -0.3 is 5.73 Å². The van der Waals surface area contributed by atoms with Crippen LogP contribution in [-0.4, -0.2) is 17.5 Å². The van der Waals surface area contributed by atoms with Crippen LogP contribution >= 0.6 is 0 Å². The van der Waals surface area contributed by atoms with E-state index in [2.05, 4.69) is 54.5 Å². The smallest absolute Gasteiger partial charge is 0.223 e. The van der Waals surface area contributed by atoms with E-state index in [-0.39, 0.29) is 56.9 Å². The normalized spacial score (nSPS) is 48.7. The lowest BCUT2D eigenvalue weighted by Gasteiger charge is -2.68. The molecule has 7 unspecified atom stereocenters. The molecule has 3 saturated carbocycles. The van der Waals surface area contributed by atoms with Crippen molar-refractivity contribution in [1.29, 1.82) is 0 Å². The predicted octanol–water partition coefficient (Wildman–Crippen LogP) is 5.80. The predicted molar refractivity (Wildman–Crippen MR) is 134 cm³/mol. The van der Waals surface area contributed by atoms with Gasteiger partial charge in [-0.05, 0) is 85.2 Å². The number of carbonyl (C=O) groups is 3. The molecule has 3 fully saturated rings. The Balaban J connectivity index is 1.68. The molecule has 7 atom stereocenters. The van der Waals surface area contributed by atoms with Crippen molar-refractivity contribution in [3.63, 3.8) is 0 Å². The molecule has 34 heavy (non-hydrogen) atoms. The molecule has 0 aromatic carbocycles. The maximum absolute atomic E-state index is 14.2. The first-order chi connectivity index (χ1) is 15.6. The molecule has 0 heterocycles. The lowest BCUT2D eigenvalue weighted by molar-refractivity contribution is -0.176. The van der Waals surface area contributed by atoms with Crippen LogP contribution in [0.15, 0.2) is 23.8 Å². The molecule has 0 saturated heterocycles. The Morgan fingerprint density at radius 2 is 1.59 bits per heavy atom. The molecular formula is C30H43NO3. The fourth-order valence-corrected chi connectivity index (χ4v) is 9.77. The van der Waals surface area contributed by atoms with Crippen molar-refractivity contribution in [2.24, 2.45) is 56.0 Å². The van der Waals surface area contributed by atoms with E-state index in [9.17, 15) is 14.4 Å². The Hall–Kier alpha value is -1.71. The van der Waals surface area contributed by atoms with Crippen LogP contribution in [0, 0.1) is 50.2 Å². The second kappa shape index (κ2) is 6.73. The summed E-state index contributed by atoms with van der Waals surface area (Å²) in [5.74, 6) is 0.192. The van der Waals surface area contributed by atoms with Crippen LogP contribution in [0.1, 0.15) is 93.4 Å². The molecule has 4 heteroatoms. The number of hydrogen-bond donors (Lipinski definition) is 1. The Labute approximate surface area is 205 Å². The summed E-state index contributed by atoms with van der Waals surface area (Å²) in [5, 5.41) is 0. The van der Waals surface area contributed by atoms with Gasteiger partial charge in [0, 0.05) is 16.7 Å². The molecule has 1 amide bonds. The number of rotatable bonds is 1. The number of ketones is 2. The summed E-state index contributed by atoms with van der Waals surface area (Å²) >= 11 is 0. The average Bonchev–Trinajstić information content (AvgIpc) is 2.72. The molecule has 0 aliphatic heterocycles. The average molecular weight is 466 g/mol. The minimum atomic E-state index is -0.558. The van der Waals surface area contributed by atoms with Crippen molar-refractivity contribution in [3.05, 3.63) is 23.8 Å². The summed E-state index contributed by atoms with van der Waals surface area (Å²) < 4.78 is 0. The van der Waals surface area contributed by atoms with Crippen molar-refractivity contribution >= 4 is 17.5 Å². The third kappa shape index (κ3) is 2.69. The van der Waals surface area contributed by atoms with Gasteiger partial charge in [-0.1, -0.05) is 60.1 Å². The summed E-state index contributed by atoms with van der Waals surface area (Å²) in [6.07, 6.45) is 12.1. The Bertz CT molecular complexity index is 1050. The summed E-state index contributed by atoms with van der Waals surface area (Å²) in [5.41, 5.74) is 5.77. The van der Waals surface area contributed by atoms with E-state index in [1.807, 2.05) is 6.08 Å². The van der Waals surface area contributed by atoms with Crippen molar-refractivity contribution in [2.75, 3.05) is 0 Å². The SMILES string of the molecule is CC1(C)CCC2(C(N)=O)CCC3(C)C(C(=O)C=C4C5(C)C=CC(=O)C(C)(C)C5CCC43C)C2C1. The number of fused-ring (bicyclic) bond motifs is 7. The number of hydrogen-bond acceptors (Lipinski definition) is 3. The second-order valence-corrected chi connectivity index (χ2v) is 14.5. The highest BCUT2D eigenvalue weighted by Gasteiger charge is 2.70. The molecule has 0 aromatic heterocycles. The molecule has 5 rings (SSSR count). The molecule has 5 aliphatic rings. The van der Waals surface area contributed by atoms with Gasteiger partial charge in [0.1, 0.15) is 0 Å². The highest BCUT2D eigenvalue weighted by Crippen LogP contribution is 2.74. The number of carbonyl (C=O) groups excluding carboxylic acids is 3. The van der Waals surface area contributed by atoms with Crippen molar-refractivity contribution < 1.29 is 14.4 Å². The lowest BCUT2D eigenvalue weighted by Crippen LogP contribution is -2.66. The zero-order valence-electron chi connectivity index (χ0n) is 22.2. The third-order valence-corrected chi connectivity index (χ3v) is 12.2. The highest BCUT2D eigenvalue weighted by molar-refractivity contribution is 5.98. The summed E-state index contributed by atoms with van der Waals surface area (Å²) in [6, 6.07) is 0. The van der Waals surface area contributed by atoms with Gasteiger partial charge in [0.2, 0.25) is 5.91 Å². The van der Waals surface area contributed by atoms with E-state index < -0.39 is 10.8 Å². The van der Waals surface area contributed by atoms with E-state index >= 15 is 0 Å². The van der Waals surface area contributed by atoms with Crippen LogP contribution in [0.4, 0.5) is 0 Å². The van der Waals surface area contributed by atoms with Gasteiger partial charge in [0.25, 0.3) is 0 Å². The van der Waals surface area contributed by atoms with Gasteiger partial charge in [-0.3, -0.25) is 14.4 Å². The molecule has 4 nitrogen and oxygen atoms in total.